The lowest BCUT2D eigenvalue weighted by atomic mass is 9.71. The molecule has 1 aromatic heterocycles. The van der Waals surface area contributed by atoms with Crippen molar-refractivity contribution in [3.05, 3.63) is 57.4 Å². The summed E-state index contributed by atoms with van der Waals surface area (Å²) in [7, 11) is 3.21. The molecule has 4 rings (SSSR count). The zero-order chi connectivity index (χ0) is 24.4. The molecular formula is C27H31NO5S. The van der Waals surface area contributed by atoms with Gasteiger partial charge in [-0.2, -0.15) is 0 Å². The molecule has 0 saturated carbocycles. The second kappa shape index (κ2) is 10.1. The molecule has 1 aliphatic carbocycles. The fourth-order valence-electron chi connectivity index (χ4n) is 4.84. The van der Waals surface area contributed by atoms with E-state index in [0.717, 1.165) is 22.6 Å². The number of ether oxygens (including phenoxy) is 3. The normalized spacial score (nSPS) is 23.1. The lowest BCUT2D eigenvalue weighted by Gasteiger charge is -2.36. The van der Waals surface area contributed by atoms with Crippen LogP contribution < -0.4 is 9.47 Å². The highest BCUT2D eigenvalue weighted by Crippen LogP contribution is 2.48. The summed E-state index contributed by atoms with van der Waals surface area (Å²) in [5.41, 5.74) is 3.15. The zero-order valence-electron chi connectivity index (χ0n) is 20.3. The Balaban J connectivity index is 1.72. The first-order valence-electron chi connectivity index (χ1n) is 11.6. The minimum absolute atomic E-state index is 0.0183. The van der Waals surface area contributed by atoms with Gasteiger partial charge in [0, 0.05) is 34.2 Å². The van der Waals surface area contributed by atoms with Crippen molar-refractivity contribution in [3.8, 4) is 11.5 Å². The predicted molar refractivity (Wildman–Crippen MR) is 133 cm³/mol. The van der Waals surface area contributed by atoms with E-state index in [1.54, 1.807) is 25.6 Å². The number of hydrogen-bond donors (Lipinski definition) is 0. The topological polar surface area (TPSA) is 74.2 Å². The number of thiophene rings is 1. The van der Waals surface area contributed by atoms with Gasteiger partial charge in [0.1, 0.15) is 5.92 Å². The predicted octanol–water partition coefficient (Wildman–Crippen LogP) is 5.68. The van der Waals surface area contributed by atoms with Crippen LogP contribution in [0.1, 0.15) is 62.3 Å². The number of esters is 1. The van der Waals surface area contributed by atoms with Gasteiger partial charge in [0.2, 0.25) is 0 Å². The van der Waals surface area contributed by atoms with Crippen molar-refractivity contribution in [2.75, 3.05) is 14.2 Å². The van der Waals surface area contributed by atoms with Crippen molar-refractivity contribution in [2.24, 2.45) is 10.9 Å². The Bertz CT molecular complexity index is 1130. The zero-order valence-corrected chi connectivity index (χ0v) is 21.1. The number of hydrogen-bond acceptors (Lipinski definition) is 7. The molecule has 180 valence electrons. The molecule has 2 aliphatic rings. The number of methoxy groups -OCH3 is 2. The van der Waals surface area contributed by atoms with Crippen LogP contribution in [0.2, 0.25) is 0 Å². The smallest absolute Gasteiger partial charge is 0.315 e. The van der Waals surface area contributed by atoms with Crippen molar-refractivity contribution >= 4 is 28.8 Å². The lowest BCUT2D eigenvalue weighted by Crippen LogP contribution is -2.38. The van der Waals surface area contributed by atoms with Gasteiger partial charge in [0.05, 0.1) is 20.3 Å². The molecule has 0 radical (unpaired) electrons. The number of carbonyl (C=O) groups is 2. The fourth-order valence-corrected chi connectivity index (χ4v) is 5.71. The molecular weight excluding hydrogens is 450 g/mol. The number of nitrogens with zero attached hydrogens (tertiary/aromatic N) is 1. The van der Waals surface area contributed by atoms with E-state index in [-0.39, 0.29) is 29.7 Å². The molecule has 0 N–H and O–H groups in total. The van der Waals surface area contributed by atoms with Gasteiger partial charge in [-0.15, -0.1) is 11.3 Å². The first-order chi connectivity index (χ1) is 16.4. The van der Waals surface area contributed by atoms with Gasteiger partial charge in [0.25, 0.3) is 0 Å². The van der Waals surface area contributed by atoms with E-state index in [1.165, 1.54) is 0 Å². The number of rotatable bonds is 7. The van der Waals surface area contributed by atoms with Crippen LogP contribution in [0.5, 0.6) is 11.5 Å². The molecule has 0 fully saturated rings. The Morgan fingerprint density at radius 2 is 1.94 bits per heavy atom. The highest BCUT2D eigenvalue weighted by molar-refractivity contribution is 7.10. The summed E-state index contributed by atoms with van der Waals surface area (Å²) in [6, 6.07) is 9.74. The van der Waals surface area contributed by atoms with Crippen LogP contribution in [0, 0.1) is 5.92 Å². The van der Waals surface area contributed by atoms with Gasteiger partial charge in [-0.3, -0.25) is 14.6 Å². The van der Waals surface area contributed by atoms with Gasteiger partial charge < -0.3 is 14.2 Å². The van der Waals surface area contributed by atoms with E-state index in [4.69, 9.17) is 19.2 Å². The average molecular weight is 482 g/mol. The summed E-state index contributed by atoms with van der Waals surface area (Å²) in [5.74, 6) is 0.0543. The maximum atomic E-state index is 13.6. The van der Waals surface area contributed by atoms with Gasteiger partial charge in [-0.1, -0.05) is 19.1 Å². The quantitative estimate of drug-likeness (QED) is 0.476. The fraction of sp³-hybridized carbons (Fsp3) is 0.444. The molecule has 1 unspecified atom stereocenters. The summed E-state index contributed by atoms with van der Waals surface area (Å²) in [5, 5.41) is 1.98. The summed E-state index contributed by atoms with van der Waals surface area (Å²) >= 11 is 1.56. The first kappa shape index (κ1) is 24.2. The largest absolute Gasteiger partial charge is 0.493 e. The number of benzene rings is 1. The van der Waals surface area contributed by atoms with Gasteiger partial charge in [-0.25, -0.2) is 0 Å². The minimum Gasteiger partial charge on any atom is -0.493 e. The van der Waals surface area contributed by atoms with Crippen LogP contribution in [0.25, 0.3) is 0 Å². The molecule has 7 heteroatoms. The van der Waals surface area contributed by atoms with Crippen molar-refractivity contribution < 1.29 is 23.8 Å². The highest BCUT2D eigenvalue weighted by Gasteiger charge is 2.45. The monoisotopic (exact) mass is 481 g/mol. The molecule has 6 nitrogen and oxygen atoms in total. The first-order valence-corrected chi connectivity index (χ1v) is 12.5. The van der Waals surface area contributed by atoms with Crippen molar-refractivity contribution in [1.29, 1.82) is 0 Å². The third kappa shape index (κ3) is 4.53. The molecule has 4 atom stereocenters. The Labute approximate surface area is 204 Å². The number of Topliss-reactive ketones (excluding diaryl/α,β-unsaturated/α-hetero) is 1. The Hall–Kier alpha value is -2.93. The van der Waals surface area contributed by atoms with Crippen LogP contribution in [-0.2, 0) is 14.3 Å². The van der Waals surface area contributed by atoms with Crippen molar-refractivity contribution in [1.82, 2.24) is 0 Å². The van der Waals surface area contributed by atoms with Crippen molar-refractivity contribution in [2.45, 2.75) is 58.0 Å². The van der Waals surface area contributed by atoms with E-state index < -0.39 is 5.92 Å². The van der Waals surface area contributed by atoms with Crippen LogP contribution in [0.3, 0.4) is 0 Å². The lowest BCUT2D eigenvalue weighted by molar-refractivity contribution is -0.151. The minimum atomic E-state index is -0.590. The van der Waals surface area contributed by atoms with Gasteiger partial charge in [-0.05, 0) is 61.7 Å². The Morgan fingerprint density at radius 3 is 2.59 bits per heavy atom. The molecule has 0 bridgehead atoms. The second-order valence-electron chi connectivity index (χ2n) is 8.88. The molecule has 1 aromatic carbocycles. The summed E-state index contributed by atoms with van der Waals surface area (Å²) in [4.78, 5) is 32.7. The Morgan fingerprint density at radius 1 is 1.18 bits per heavy atom. The van der Waals surface area contributed by atoms with Crippen molar-refractivity contribution in [3.63, 3.8) is 0 Å². The molecule has 0 amide bonds. The molecule has 2 aromatic rings. The van der Waals surface area contributed by atoms with Gasteiger partial charge in [0.15, 0.2) is 17.3 Å². The third-order valence-corrected chi connectivity index (χ3v) is 7.72. The number of carbonyl (C=O) groups excluding carboxylic acids is 2. The molecule has 2 heterocycles. The van der Waals surface area contributed by atoms with Gasteiger partial charge >= 0.3 is 5.97 Å². The maximum Gasteiger partial charge on any atom is 0.315 e. The van der Waals surface area contributed by atoms with E-state index in [9.17, 15) is 9.59 Å². The molecule has 34 heavy (non-hydrogen) atoms. The summed E-state index contributed by atoms with van der Waals surface area (Å²) < 4.78 is 16.5. The van der Waals surface area contributed by atoms with Crippen LogP contribution >= 0.6 is 11.3 Å². The molecule has 0 saturated heterocycles. The highest BCUT2D eigenvalue weighted by atomic mass is 32.1. The summed E-state index contributed by atoms with van der Waals surface area (Å²) in [6.45, 7) is 5.74. The van der Waals surface area contributed by atoms with E-state index in [2.05, 4.69) is 0 Å². The maximum absolute atomic E-state index is 13.6. The van der Waals surface area contributed by atoms with Crippen LogP contribution in [0.15, 0.2) is 52.0 Å². The number of ketones is 1. The van der Waals surface area contributed by atoms with E-state index in [1.807, 2.05) is 56.5 Å². The molecule has 1 aliphatic heterocycles. The number of allylic oxidation sites excluding steroid dienone is 2. The SMILES string of the molecule is CC[C@H](C)OC(=O)C1C(C)=NC2=C(C(=O)C[C@H](c3ccc(OC)c(OC)c3)C2)[C@@H]1c1cccs1. The summed E-state index contributed by atoms with van der Waals surface area (Å²) in [6.07, 6.45) is 1.54. The standard InChI is InChI=1S/C27H31NO5S/c1-6-15(2)33-27(30)24-16(3)28-19-12-18(17-9-10-21(31-4)22(14-17)32-5)13-20(29)25(19)26(24)23-8-7-11-34-23/h7-11,14-15,18,24,26H,6,12-13H2,1-5H3/t15-,18+,24?,26+/m0/s1. The average Bonchev–Trinajstić information content (AvgIpc) is 3.37. The third-order valence-electron chi connectivity index (χ3n) is 6.76. The van der Waals surface area contributed by atoms with Crippen LogP contribution in [0.4, 0.5) is 0 Å². The number of aliphatic imine (C=N–C) groups is 1. The van der Waals surface area contributed by atoms with E-state index in [0.29, 0.717) is 35.6 Å². The van der Waals surface area contributed by atoms with Crippen LogP contribution in [-0.4, -0.2) is 37.8 Å². The van der Waals surface area contributed by atoms with E-state index >= 15 is 0 Å². The molecule has 0 spiro atoms. The Kier molecular flexibility index (Phi) is 7.22. The second-order valence-corrected chi connectivity index (χ2v) is 9.86.